The number of ether oxygens (including phenoxy) is 1. The first-order valence-corrected chi connectivity index (χ1v) is 12.0. The maximum Gasteiger partial charge on any atom is 0.338 e. The quantitative estimate of drug-likeness (QED) is 0.209. The third-order valence-corrected chi connectivity index (χ3v) is 7.17. The molecule has 0 aliphatic heterocycles. The molecule has 3 rings (SSSR count). The third-order valence-electron chi connectivity index (χ3n) is 4.65. The third kappa shape index (κ3) is 5.83. The smallest absolute Gasteiger partial charge is 0.338 e. The Balaban J connectivity index is 1.85. The van der Waals surface area contributed by atoms with Crippen molar-refractivity contribution in [2.45, 2.75) is 4.90 Å². The molecule has 0 radical (unpaired) electrons. The van der Waals surface area contributed by atoms with E-state index in [1.807, 2.05) is 0 Å². The summed E-state index contributed by atoms with van der Waals surface area (Å²) >= 11 is 12.1. The highest BCUT2D eigenvalue weighted by atomic mass is 35.5. The minimum absolute atomic E-state index is 0.0683. The summed E-state index contributed by atoms with van der Waals surface area (Å²) < 4.78 is 45.9. The number of halogens is 3. The van der Waals surface area contributed by atoms with Gasteiger partial charge in [-0.3, -0.25) is 9.10 Å². The maximum absolute atomic E-state index is 13.4. The predicted octanol–water partition coefficient (Wildman–Crippen LogP) is 5.55. The highest BCUT2D eigenvalue weighted by Gasteiger charge is 2.28. The Morgan fingerprint density at radius 1 is 0.971 bits per heavy atom. The van der Waals surface area contributed by atoms with E-state index in [2.05, 4.69) is 6.58 Å². The summed E-state index contributed by atoms with van der Waals surface area (Å²) in [5.74, 6) is -1.98. The summed E-state index contributed by atoms with van der Waals surface area (Å²) in [6.07, 6.45) is 1.40. The van der Waals surface area contributed by atoms with E-state index in [1.54, 1.807) is 0 Å². The van der Waals surface area contributed by atoms with Gasteiger partial charge in [0.25, 0.3) is 10.0 Å². The SMILES string of the molecule is C=CCN(c1ccc(Cl)cc1)S(=O)(=O)c1cc(C(=O)OCC(=O)c2ccc(F)cc2)ccc1Cl. The molecular formula is C24H18Cl2FNO5S. The Morgan fingerprint density at radius 2 is 1.59 bits per heavy atom. The highest BCUT2D eigenvalue weighted by Crippen LogP contribution is 2.30. The lowest BCUT2D eigenvalue weighted by molar-refractivity contribution is 0.0474. The van der Waals surface area contributed by atoms with Crippen molar-refractivity contribution in [1.82, 2.24) is 0 Å². The lowest BCUT2D eigenvalue weighted by Crippen LogP contribution is -2.31. The molecule has 3 aromatic rings. The van der Waals surface area contributed by atoms with Gasteiger partial charge in [0, 0.05) is 10.6 Å². The van der Waals surface area contributed by atoms with Gasteiger partial charge in [-0.25, -0.2) is 17.6 Å². The van der Waals surface area contributed by atoms with Crippen molar-refractivity contribution in [3.05, 3.63) is 106 Å². The summed E-state index contributed by atoms with van der Waals surface area (Å²) in [6, 6.07) is 14.5. The number of nitrogens with zero attached hydrogens (tertiary/aromatic N) is 1. The topological polar surface area (TPSA) is 80.8 Å². The summed E-state index contributed by atoms with van der Waals surface area (Å²) in [5.41, 5.74) is 0.361. The summed E-state index contributed by atoms with van der Waals surface area (Å²) in [5, 5.41) is 0.319. The summed E-state index contributed by atoms with van der Waals surface area (Å²) in [4.78, 5) is 24.4. The number of esters is 1. The van der Waals surface area contributed by atoms with Crippen LogP contribution in [-0.2, 0) is 14.8 Å². The number of carbonyl (C=O) groups excluding carboxylic acids is 2. The second kappa shape index (κ2) is 10.8. The van der Waals surface area contributed by atoms with Gasteiger partial charge in [-0.15, -0.1) is 6.58 Å². The van der Waals surface area contributed by atoms with E-state index in [0.717, 1.165) is 22.5 Å². The second-order valence-electron chi connectivity index (χ2n) is 6.95. The fourth-order valence-electron chi connectivity index (χ4n) is 2.95. The van der Waals surface area contributed by atoms with Crippen molar-refractivity contribution < 1.29 is 27.1 Å². The maximum atomic E-state index is 13.4. The highest BCUT2D eigenvalue weighted by molar-refractivity contribution is 7.93. The zero-order chi connectivity index (χ0) is 24.9. The molecule has 3 aromatic carbocycles. The molecule has 0 fully saturated rings. The van der Waals surface area contributed by atoms with Crippen LogP contribution >= 0.6 is 23.2 Å². The van der Waals surface area contributed by atoms with Gasteiger partial charge in [0.1, 0.15) is 10.7 Å². The number of hydrogen-bond donors (Lipinski definition) is 0. The van der Waals surface area contributed by atoms with E-state index in [-0.39, 0.29) is 27.6 Å². The van der Waals surface area contributed by atoms with Gasteiger partial charge >= 0.3 is 5.97 Å². The molecule has 0 unspecified atom stereocenters. The zero-order valence-electron chi connectivity index (χ0n) is 17.6. The largest absolute Gasteiger partial charge is 0.454 e. The van der Waals surface area contributed by atoms with Crippen molar-refractivity contribution in [1.29, 1.82) is 0 Å². The van der Waals surface area contributed by atoms with Crippen LogP contribution in [0.2, 0.25) is 10.0 Å². The fourth-order valence-corrected chi connectivity index (χ4v) is 5.01. The average molecular weight is 522 g/mol. The zero-order valence-corrected chi connectivity index (χ0v) is 19.9. The van der Waals surface area contributed by atoms with Crippen molar-refractivity contribution in [3.63, 3.8) is 0 Å². The van der Waals surface area contributed by atoms with Crippen LogP contribution in [0.3, 0.4) is 0 Å². The van der Waals surface area contributed by atoms with Crippen LogP contribution < -0.4 is 4.31 Å². The molecule has 10 heteroatoms. The monoisotopic (exact) mass is 521 g/mol. The molecule has 176 valence electrons. The van der Waals surface area contributed by atoms with Gasteiger partial charge in [0.05, 0.1) is 22.8 Å². The number of carbonyl (C=O) groups is 2. The van der Waals surface area contributed by atoms with Crippen molar-refractivity contribution in [2.75, 3.05) is 17.5 Å². The van der Waals surface area contributed by atoms with Gasteiger partial charge in [-0.05, 0) is 66.7 Å². The molecule has 0 aromatic heterocycles. The summed E-state index contributed by atoms with van der Waals surface area (Å²) in [7, 11) is -4.22. The van der Waals surface area contributed by atoms with E-state index < -0.39 is 34.2 Å². The molecule has 0 atom stereocenters. The number of ketones is 1. The predicted molar refractivity (Wildman–Crippen MR) is 129 cm³/mol. The van der Waals surface area contributed by atoms with Crippen LogP contribution in [-0.4, -0.2) is 33.3 Å². The van der Waals surface area contributed by atoms with Crippen LogP contribution in [0.1, 0.15) is 20.7 Å². The molecule has 0 bridgehead atoms. The first-order chi connectivity index (χ1) is 16.1. The number of benzene rings is 3. The second-order valence-corrected chi connectivity index (χ2v) is 9.63. The molecule has 0 spiro atoms. The molecule has 0 heterocycles. The molecule has 0 saturated heterocycles. The van der Waals surface area contributed by atoms with Crippen LogP contribution in [0.5, 0.6) is 0 Å². The Labute approximate surface area is 206 Å². The Bertz CT molecular complexity index is 1330. The van der Waals surface area contributed by atoms with Crippen LogP contribution in [0.15, 0.2) is 84.3 Å². The number of Topliss-reactive ketones (excluding diaryl/α,β-unsaturated/α-hetero) is 1. The Kier molecular flexibility index (Phi) is 8.09. The van der Waals surface area contributed by atoms with E-state index in [1.165, 1.54) is 54.6 Å². The molecular weight excluding hydrogens is 504 g/mol. The van der Waals surface area contributed by atoms with Crippen LogP contribution in [0.25, 0.3) is 0 Å². The molecule has 0 aliphatic rings. The molecule has 0 amide bonds. The van der Waals surface area contributed by atoms with Gasteiger partial charge in [0.2, 0.25) is 0 Å². The van der Waals surface area contributed by atoms with E-state index >= 15 is 0 Å². The normalized spacial score (nSPS) is 11.0. The standard InChI is InChI=1S/C24H18Cl2FNO5S/c1-2-13-28(20-10-6-18(25)7-11-20)34(31,32)23-14-17(5-12-21(23)26)24(30)33-15-22(29)16-3-8-19(27)9-4-16/h2-12,14H,1,13,15H2. The molecule has 6 nitrogen and oxygen atoms in total. The first kappa shape index (κ1) is 25.4. The van der Waals surface area contributed by atoms with E-state index in [9.17, 15) is 22.4 Å². The van der Waals surface area contributed by atoms with E-state index in [0.29, 0.717) is 10.7 Å². The number of hydrogen-bond acceptors (Lipinski definition) is 5. The van der Waals surface area contributed by atoms with Crippen LogP contribution in [0.4, 0.5) is 10.1 Å². The number of anilines is 1. The molecule has 0 N–H and O–H groups in total. The number of sulfonamides is 1. The van der Waals surface area contributed by atoms with Gasteiger partial charge < -0.3 is 4.74 Å². The van der Waals surface area contributed by atoms with Crippen molar-refractivity contribution >= 4 is 50.7 Å². The van der Waals surface area contributed by atoms with E-state index in [4.69, 9.17) is 27.9 Å². The van der Waals surface area contributed by atoms with Crippen LogP contribution in [0, 0.1) is 5.82 Å². The van der Waals surface area contributed by atoms with Gasteiger partial charge in [-0.1, -0.05) is 29.3 Å². The van der Waals surface area contributed by atoms with Crippen molar-refractivity contribution in [3.8, 4) is 0 Å². The van der Waals surface area contributed by atoms with Gasteiger partial charge in [0.15, 0.2) is 12.4 Å². The fraction of sp³-hybridized carbons (Fsp3) is 0.0833. The molecule has 0 aliphatic carbocycles. The van der Waals surface area contributed by atoms with Gasteiger partial charge in [-0.2, -0.15) is 0 Å². The lowest BCUT2D eigenvalue weighted by Gasteiger charge is -2.24. The minimum Gasteiger partial charge on any atom is -0.454 e. The minimum atomic E-state index is -4.22. The lowest BCUT2D eigenvalue weighted by atomic mass is 10.1. The number of rotatable bonds is 9. The first-order valence-electron chi connectivity index (χ1n) is 9.78. The molecule has 34 heavy (non-hydrogen) atoms. The van der Waals surface area contributed by atoms with Crippen molar-refractivity contribution in [2.24, 2.45) is 0 Å². The Hall–Kier alpha value is -3.20. The Morgan fingerprint density at radius 3 is 2.21 bits per heavy atom. The average Bonchev–Trinajstić information content (AvgIpc) is 2.82. The summed E-state index contributed by atoms with van der Waals surface area (Å²) in [6.45, 7) is 2.92. The molecule has 0 saturated carbocycles.